The standard InChI is InChI=1S/C25H34O/c1-24(2,3)21-13-7-19(8-14-21)11-17-23(26)18-12-20-9-15-22(16-10-20)25(4,5)6/h7-10,13-16H,11-12,17-18H2,1-6H3. The molecule has 0 aliphatic rings. The van der Waals surface area contributed by atoms with Gasteiger partial charge in [-0.15, -0.1) is 0 Å². The average Bonchev–Trinajstić information content (AvgIpc) is 2.57. The van der Waals surface area contributed by atoms with Crippen LogP contribution in [0.25, 0.3) is 0 Å². The molecule has 0 atom stereocenters. The van der Waals surface area contributed by atoms with Crippen molar-refractivity contribution >= 4 is 5.78 Å². The fraction of sp³-hybridized carbons (Fsp3) is 0.480. The molecule has 1 nitrogen and oxygen atoms in total. The topological polar surface area (TPSA) is 17.1 Å². The minimum Gasteiger partial charge on any atom is -0.300 e. The van der Waals surface area contributed by atoms with Gasteiger partial charge in [-0.1, -0.05) is 90.1 Å². The molecule has 26 heavy (non-hydrogen) atoms. The minimum absolute atomic E-state index is 0.177. The Hall–Kier alpha value is -1.89. The molecule has 0 heterocycles. The second kappa shape index (κ2) is 8.20. The number of carbonyl (C=O) groups excluding carboxylic acids is 1. The third-order valence-corrected chi connectivity index (χ3v) is 5.02. The Morgan fingerprint density at radius 2 is 0.923 bits per heavy atom. The van der Waals surface area contributed by atoms with Gasteiger partial charge in [0.25, 0.3) is 0 Å². The van der Waals surface area contributed by atoms with Crippen LogP contribution in [-0.4, -0.2) is 5.78 Å². The summed E-state index contributed by atoms with van der Waals surface area (Å²) in [5.74, 6) is 0.352. The molecule has 0 amide bonds. The van der Waals surface area contributed by atoms with Crippen LogP contribution < -0.4 is 0 Å². The third kappa shape index (κ3) is 6.12. The van der Waals surface area contributed by atoms with E-state index in [4.69, 9.17) is 0 Å². The molecular weight excluding hydrogens is 316 g/mol. The van der Waals surface area contributed by atoms with Crippen molar-refractivity contribution < 1.29 is 4.79 Å². The molecule has 0 aromatic heterocycles. The first-order valence-electron chi connectivity index (χ1n) is 9.76. The predicted octanol–water partition coefficient (Wildman–Crippen LogP) is 6.42. The van der Waals surface area contributed by atoms with E-state index in [0.717, 1.165) is 12.8 Å². The Bertz CT molecular complexity index is 643. The maximum absolute atomic E-state index is 12.2. The molecule has 0 radical (unpaired) electrons. The summed E-state index contributed by atoms with van der Waals surface area (Å²) >= 11 is 0. The SMILES string of the molecule is CC(C)(C)c1ccc(CCC(=O)CCc2ccc(C(C)(C)C)cc2)cc1. The zero-order valence-corrected chi connectivity index (χ0v) is 17.4. The van der Waals surface area contributed by atoms with Crippen LogP contribution in [0.2, 0.25) is 0 Å². The van der Waals surface area contributed by atoms with Crippen LogP contribution in [0.1, 0.15) is 76.6 Å². The molecule has 2 aromatic carbocycles. The number of benzene rings is 2. The van der Waals surface area contributed by atoms with Gasteiger partial charge in [0.05, 0.1) is 0 Å². The van der Waals surface area contributed by atoms with Gasteiger partial charge in [0, 0.05) is 12.8 Å². The summed E-state index contributed by atoms with van der Waals surface area (Å²) in [5.41, 5.74) is 5.53. The summed E-state index contributed by atoms with van der Waals surface area (Å²) in [6, 6.07) is 17.4. The summed E-state index contributed by atoms with van der Waals surface area (Å²) in [6.45, 7) is 13.3. The third-order valence-electron chi connectivity index (χ3n) is 5.02. The summed E-state index contributed by atoms with van der Waals surface area (Å²) in [5, 5.41) is 0. The molecular formula is C25H34O. The van der Waals surface area contributed by atoms with Crippen LogP contribution in [0.15, 0.2) is 48.5 Å². The number of Topliss-reactive ketones (excluding diaryl/α,β-unsaturated/α-hetero) is 1. The van der Waals surface area contributed by atoms with E-state index in [2.05, 4.69) is 90.1 Å². The molecule has 0 aliphatic carbocycles. The lowest BCUT2D eigenvalue weighted by molar-refractivity contribution is -0.119. The zero-order chi connectivity index (χ0) is 19.4. The lowest BCUT2D eigenvalue weighted by Crippen LogP contribution is -2.11. The first-order valence-corrected chi connectivity index (χ1v) is 9.76. The van der Waals surface area contributed by atoms with E-state index >= 15 is 0 Å². The van der Waals surface area contributed by atoms with Crippen molar-refractivity contribution in [2.75, 3.05) is 0 Å². The van der Waals surface area contributed by atoms with Gasteiger partial charge in [-0.3, -0.25) is 4.79 Å². The van der Waals surface area contributed by atoms with Gasteiger partial charge in [-0.05, 0) is 45.9 Å². The Kier molecular flexibility index (Phi) is 6.44. The molecule has 0 N–H and O–H groups in total. The fourth-order valence-electron chi connectivity index (χ4n) is 3.04. The van der Waals surface area contributed by atoms with Crippen molar-refractivity contribution in [2.24, 2.45) is 0 Å². The van der Waals surface area contributed by atoms with Gasteiger partial charge in [-0.2, -0.15) is 0 Å². The van der Waals surface area contributed by atoms with E-state index < -0.39 is 0 Å². The van der Waals surface area contributed by atoms with Crippen LogP contribution in [-0.2, 0) is 28.5 Å². The van der Waals surface area contributed by atoms with Crippen molar-refractivity contribution in [1.82, 2.24) is 0 Å². The molecule has 0 saturated heterocycles. The lowest BCUT2D eigenvalue weighted by Gasteiger charge is -2.19. The van der Waals surface area contributed by atoms with Crippen LogP contribution in [0.5, 0.6) is 0 Å². The first kappa shape index (κ1) is 20.4. The maximum atomic E-state index is 12.2. The largest absolute Gasteiger partial charge is 0.300 e. The van der Waals surface area contributed by atoms with Crippen molar-refractivity contribution in [3.8, 4) is 0 Å². The number of carbonyl (C=O) groups is 1. The number of hydrogen-bond donors (Lipinski definition) is 0. The highest BCUT2D eigenvalue weighted by Crippen LogP contribution is 2.23. The zero-order valence-electron chi connectivity index (χ0n) is 17.4. The van der Waals surface area contributed by atoms with Gasteiger partial charge < -0.3 is 0 Å². The summed E-state index contributed by atoms with van der Waals surface area (Å²) < 4.78 is 0. The molecule has 2 aromatic rings. The first-order chi connectivity index (χ1) is 12.1. The summed E-state index contributed by atoms with van der Waals surface area (Å²) in [6.07, 6.45) is 2.95. The van der Waals surface area contributed by atoms with Crippen molar-refractivity contribution in [1.29, 1.82) is 0 Å². The Labute approximate surface area is 159 Å². The molecule has 0 fully saturated rings. The Morgan fingerprint density at radius 1 is 0.615 bits per heavy atom. The summed E-state index contributed by atoms with van der Waals surface area (Å²) in [4.78, 5) is 12.2. The Balaban J connectivity index is 1.80. The van der Waals surface area contributed by atoms with Gasteiger partial charge in [0.1, 0.15) is 5.78 Å². The quantitative estimate of drug-likeness (QED) is 0.588. The smallest absolute Gasteiger partial charge is 0.133 e. The van der Waals surface area contributed by atoms with Crippen molar-refractivity contribution in [3.05, 3.63) is 70.8 Å². The lowest BCUT2D eigenvalue weighted by atomic mass is 9.86. The van der Waals surface area contributed by atoms with Gasteiger partial charge in [0.15, 0.2) is 0 Å². The minimum atomic E-state index is 0.177. The normalized spacial score (nSPS) is 12.2. The fourth-order valence-corrected chi connectivity index (χ4v) is 3.04. The molecule has 0 aliphatic heterocycles. The highest BCUT2D eigenvalue weighted by atomic mass is 16.1. The number of aryl methyl sites for hydroxylation is 2. The van der Waals surface area contributed by atoms with Gasteiger partial charge in [0.2, 0.25) is 0 Å². The van der Waals surface area contributed by atoms with E-state index in [1.807, 2.05) is 0 Å². The second-order valence-electron chi connectivity index (χ2n) is 9.43. The second-order valence-corrected chi connectivity index (χ2v) is 9.43. The van der Waals surface area contributed by atoms with Gasteiger partial charge >= 0.3 is 0 Å². The number of hydrogen-bond acceptors (Lipinski definition) is 1. The Morgan fingerprint density at radius 3 is 1.19 bits per heavy atom. The van der Waals surface area contributed by atoms with Crippen LogP contribution in [0, 0.1) is 0 Å². The number of rotatable bonds is 6. The van der Waals surface area contributed by atoms with Gasteiger partial charge in [-0.25, -0.2) is 0 Å². The van der Waals surface area contributed by atoms with E-state index in [-0.39, 0.29) is 10.8 Å². The average molecular weight is 351 g/mol. The predicted molar refractivity (Wildman–Crippen MR) is 112 cm³/mol. The van der Waals surface area contributed by atoms with Crippen molar-refractivity contribution in [3.63, 3.8) is 0 Å². The van der Waals surface area contributed by atoms with E-state index in [0.29, 0.717) is 18.6 Å². The molecule has 140 valence electrons. The van der Waals surface area contributed by atoms with E-state index in [1.54, 1.807) is 0 Å². The van der Waals surface area contributed by atoms with E-state index in [9.17, 15) is 4.79 Å². The highest BCUT2D eigenvalue weighted by molar-refractivity contribution is 5.78. The molecule has 0 bridgehead atoms. The van der Waals surface area contributed by atoms with Crippen LogP contribution in [0.3, 0.4) is 0 Å². The molecule has 1 heteroatoms. The maximum Gasteiger partial charge on any atom is 0.133 e. The molecule has 0 unspecified atom stereocenters. The van der Waals surface area contributed by atoms with Crippen LogP contribution >= 0.6 is 0 Å². The van der Waals surface area contributed by atoms with Crippen LogP contribution in [0.4, 0.5) is 0 Å². The summed E-state index contributed by atoms with van der Waals surface area (Å²) in [7, 11) is 0. The molecule has 0 saturated carbocycles. The number of ketones is 1. The van der Waals surface area contributed by atoms with E-state index in [1.165, 1.54) is 22.3 Å². The highest BCUT2D eigenvalue weighted by Gasteiger charge is 2.14. The monoisotopic (exact) mass is 350 g/mol. The molecule has 0 spiro atoms. The molecule has 2 rings (SSSR count). The van der Waals surface area contributed by atoms with Crippen molar-refractivity contribution in [2.45, 2.75) is 78.1 Å².